The van der Waals surface area contributed by atoms with Gasteiger partial charge in [-0.15, -0.1) is 0 Å². The Bertz CT molecular complexity index is 677. The second-order valence-electron chi connectivity index (χ2n) is 6.94. The molecule has 2 unspecified atom stereocenters. The Morgan fingerprint density at radius 2 is 1.77 bits per heavy atom. The van der Waals surface area contributed by atoms with Crippen LogP contribution in [0.3, 0.4) is 0 Å². The van der Waals surface area contributed by atoms with E-state index in [1.54, 1.807) is 7.11 Å². The number of rotatable bonds is 6. The molecule has 138 valence electrons. The molecule has 0 radical (unpaired) electrons. The van der Waals surface area contributed by atoms with Crippen molar-refractivity contribution >= 4 is 5.97 Å². The number of nitrogens with zero attached hydrogens (tertiary/aromatic N) is 1. The molecule has 0 spiro atoms. The third-order valence-corrected chi connectivity index (χ3v) is 5.30. The molecule has 1 heterocycles. The predicted molar refractivity (Wildman–Crippen MR) is 103 cm³/mol. The Morgan fingerprint density at radius 3 is 2.31 bits per heavy atom. The van der Waals surface area contributed by atoms with E-state index in [1.807, 2.05) is 12.1 Å². The number of likely N-dealkylation sites (tertiary alicyclic amines) is 1. The molecule has 0 aliphatic carbocycles. The highest BCUT2D eigenvalue weighted by atomic mass is 16.5. The average molecular weight is 353 g/mol. The number of carboxylic acids is 1. The van der Waals surface area contributed by atoms with Crippen LogP contribution in [0.15, 0.2) is 48.5 Å². The molecule has 0 saturated carbocycles. The molecule has 1 saturated heterocycles. The lowest BCUT2D eigenvalue weighted by molar-refractivity contribution is -0.143. The van der Waals surface area contributed by atoms with E-state index in [0.29, 0.717) is 6.54 Å². The zero-order valence-corrected chi connectivity index (χ0v) is 15.5. The molecule has 0 bridgehead atoms. The number of piperidine rings is 1. The fourth-order valence-electron chi connectivity index (χ4n) is 3.78. The van der Waals surface area contributed by atoms with Gasteiger partial charge in [0.1, 0.15) is 5.75 Å². The van der Waals surface area contributed by atoms with Gasteiger partial charge in [0.15, 0.2) is 0 Å². The van der Waals surface area contributed by atoms with Crippen LogP contribution >= 0.6 is 0 Å². The summed E-state index contributed by atoms with van der Waals surface area (Å²) in [5.74, 6) is -0.153. The van der Waals surface area contributed by atoms with Crippen LogP contribution in [0.5, 0.6) is 5.75 Å². The van der Waals surface area contributed by atoms with E-state index in [2.05, 4.69) is 48.2 Å². The molecule has 3 rings (SSSR count). The largest absolute Gasteiger partial charge is 0.497 e. The molecule has 0 aromatic heterocycles. The van der Waals surface area contributed by atoms with Crippen molar-refractivity contribution in [2.75, 3.05) is 20.2 Å². The molecule has 2 atom stereocenters. The smallest absolute Gasteiger partial charge is 0.307 e. The summed E-state index contributed by atoms with van der Waals surface area (Å²) in [5.41, 5.74) is 3.68. The number of carbonyl (C=O) groups is 1. The third-order valence-electron chi connectivity index (χ3n) is 5.30. The first kappa shape index (κ1) is 18.5. The second kappa shape index (κ2) is 8.37. The lowest BCUT2D eigenvalue weighted by Crippen LogP contribution is -2.41. The van der Waals surface area contributed by atoms with Crippen molar-refractivity contribution in [3.8, 4) is 5.75 Å². The minimum Gasteiger partial charge on any atom is -0.497 e. The molecule has 26 heavy (non-hydrogen) atoms. The summed E-state index contributed by atoms with van der Waals surface area (Å²) in [6, 6.07) is 16.9. The van der Waals surface area contributed by atoms with Crippen molar-refractivity contribution in [2.24, 2.45) is 5.92 Å². The van der Waals surface area contributed by atoms with Gasteiger partial charge in [-0.1, -0.05) is 43.3 Å². The summed E-state index contributed by atoms with van der Waals surface area (Å²) in [5, 5.41) is 9.47. The highest BCUT2D eigenvalue weighted by molar-refractivity contribution is 5.70. The molecule has 2 aromatic rings. The monoisotopic (exact) mass is 353 g/mol. The summed E-state index contributed by atoms with van der Waals surface area (Å²) >= 11 is 0. The number of aryl methyl sites for hydroxylation is 1. The quantitative estimate of drug-likeness (QED) is 0.848. The van der Waals surface area contributed by atoms with Crippen LogP contribution in [-0.2, 0) is 11.2 Å². The maximum absolute atomic E-state index is 11.5. The van der Waals surface area contributed by atoms with E-state index in [1.165, 1.54) is 16.7 Å². The van der Waals surface area contributed by atoms with Gasteiger partial charge in [0.05, 0.1) is 19.1 Å². The first-order valence-corrected chi connectivity index (χ1v) is 9.32. The van der Waals surface area contributed by atoms with Gasteiger partial charge in [0.2, 0.25) is 0 Å². The number of methoxy groups -OCH3 is 1. The van der Waals surface area contributed by atoms with E-state index in [9.17, 15) is 9.90 Å². The molecule has 4 nitrogen and oxygen atoms in total. The van der Waals surface area contributed by atoms with Crippen LogP contribution < -0.4 is 4.74 Å². The molecule has 1 aliphatic rings. The van der Waals surface area contributed by atoms with Gasteiger partial charge in [0, 0.05) is 6.54 Å². The number of benzene rings is 2. The van der Waals surface area contributed by atoms with Crippen molar-refractivity contribution in [3.05, 3.63) is 65.2 Å². The maximum atomic E-state index is 11.5. The molecule has 2 aromatic carbocycles. The van der Waals surface area contributed by atoms with Gasteiger partial charge in [-0.05, 0) is 54.6 Å². The normalized spacial score (nSPS) is 19.1. The predicted octanol–water partition coefficient (Wildman–Crippen LogP) is 4.14. The number of carboxylic acid groups (broad SMARTS) is 1. The summed E-state index contributed by atoms with van der Waals surface area (Å²) in [6.45, 7) is 3.65. The SMILES string of the molecule is CCc1ccc(C(c2ccc(OC)cc2)N2CCCC(C(=O)O)C2)cc1. The van der Waals surface area contributed by atoms with E-state index < -0.39 is 5.97 Å². The molecular formula is C22H27NO3. The van der Waals surface area contributed by atoms with Crippen LogP contribution in [0, 0.1) is 5.92 Å². The average Bonchev–Trinajstić information content (AvgIpc) is 2.69. The van der Waals surface area contributed by atoms with Crippen LogP contribution in [0.1, 0.15) is 42.5 Å². The minimum atomic E-state index is -0.690. The Kier molecular flexibility index (Phi) is 5.94. The summed E-state index contributed by atoms with van der Waals surface area (Å²) in [4.78, 5) is 13.8. The standard InChI is InChI=1S/C22H27NO3/c1-3-16-6-8-17(9-7-16)21(18-10-12-20(26-2)13-11-18)23-14-4-5-19(15-23)22(24)25/h6-13,19,21H,3-5,14-15H2,1-2H3,(H,24,25). The van der Waals surface area contributed by atoms with E-state index in [0.717, 1.165) is 31.6 Å². The second-order valence-corrected chi connectivity index (χ2v) is 6.94. The van der Waals surface area contributed by atoms with Crippen molar-refractivity contribution in [1.82, 2.24) is 4.90 Å². The van der Waals surface area contributed by atoms with Crippen molar-refractivity contribution < 1.29 is 14.6 Å². The Labute approximate surface area is 155 Å². The van der Waals surface area contributed by atoms with Gasteiger partial charge in [-0.2, -0.15) is 0 Å². The fraction of sp³-hybridized carbons (Fsp3) is 0.409. The summed E-state index contributed by atoms with van der Waals surface area (Å²) in [6.07, 6.45) is 2.69. The van der Waals surface area contributed by atoms with Gasteiger partial charge < -0.3 is 9.84 Å². The highest BCUT2D eigenvalue weighted by Gasteiger charge is 2.31. The van der Waals surface area contributed by atoms with Crippen molar-refractivity contribution in [2.45, 2.75) is 32.2 Å². The van der Waals surface area contributed by atoms with Crippen LogP contribution in [0.2, 0.25) is 0 Å². The molecular weight excluding hydrogens is 326 g/mol. The number of ether oxygens (including phenoxy) is 1. The Morgan fingerprint density at radius 1 is 1.15 bits per heavy atom. The first-order chi connectivity index (χ1) is 12.6. The number of aliphatic carboxylic acids is 1. The summed E-state index contributed by atoms with van der Waals surface area (Å²) < 4.78 is 5.29. The van der Waals surface area contributed by atoms with Crippen molar-refractivity contribution in [1.29, 1.82) is 0 Å². The van der Waals surface area contributed by atoms with Crippen LogP contribution in [0.4, 0.5) is 0 Å². The molecule has 0 amide bonds. The lowest BCUT2D eigenvalue weighted by Gasteiger charge is -2.37. The molecule has 1 fully saturated rings. The molecule has 1 aliphatic heterocycles. The van der Waals surface area contributed by atoms with Crippen LogP contribution in [0.25, 0.3) is 0 Å². The summed E-state index contributed by atoms with van der Waals surface area (Å²) in [7, 11) is 1.66. The van der Waals surface area contributed by atoms with Gasteiger partial charge >= 0.3 is 5.97 Å². The van der Waals surface area contributed by atoms with Gasteiger partial charge in [0.25, 0.3) is 0 Å². The topological polar surface area (TPSA) is 49.8 Å². The van der Waals surface area contributed by atoms with E-state index in [4.69, 9.17) is 4.74 Å². The van der Waals surface area contributed by atoms with Crippen LogP contribution in [-0.4, -0.2) is 36.2 Å². The Hall–Kier alpha value is -2.33. The zero-order valence-electron chi connectivity index (χ0n) is 15.5. The highest BCUT2D eigenvalue weighted by Crippen LogP contribution is 2.33. The van der Waals surface area contributed by atoms with Gasteiger partial charge in [-0.25, -0.2) is 0 Å². The Balaban J connectivity index is 1.95. The number of hydrogen-bond acceptors (Lipinski definition) is 3. The number of hydrogen-bond donors (Lipinski definition) is 1. The fourth-order valence-corrected chi connectivity index (χ4v) is 3.78. The zero-order chi connectivity index (χ0) is 18.5. The first-order valence-electron chi connectivity index (χ1n) is 9.32. The van der Waals surface area contributed by atoms with E-state index >= 15 is 0 Å². The van der Waals surface area contributed by atoms with Crippen molar-refractivity contribution in [3.63, 3.8) is 0 Å². The third kappa shape index (κ3) is 4.07. The van der Waals surface area contributed by atoms with Gasteiger partial charge in [-0.3, -0.25) is 9.69 Å². The minimum absolute atomic E-state index is 0.0639. The van der Waals surface area contributed by atoms with E-state index in [-0.39, 0.29) is 12.0 Å². The lowest BCUT2D eigenvalue weighted by atomic mass is 9.91. The molecule has 1 N–H and O–H groups in total. The maximum Gasteiger partial charge on any atom is 0.307 e. The molecule has 4 heteroatoms.